The number of hydrogen-bond acceptors (Lipinski definition) is 4. The Bertz CT molecular complexity index is 369. The van der Waals surface area contributed by atoms with E-state index >= 15 is 0 Å². The Balaban J connectivity index is 2.27. The number of hydrogen-bond donors (Lipinski definition) is 1. The van der Waals surface area contributed by atoms with Crippen molar-refractivity contribution in [1.82, 2.24) is 4.98 Å². The lowest BCUT2D eigenvalue weighted by molar-refractivity contribution is -0.0446. The van der Waals surface area contributed by atoms with E-state index in [1.165, 1.54) is 29.1 Å². The van der Waals surface area contributed by atoms with Gasteiger partial charge in [-0.05, 0) is 32.7 Å². The monoisotopic (exact) mass is 254 g/mol. The summed E-state index contributed by atoms with van der Waals surface area (Å²) in [5.74, 6) is 0. The van der Waals surface area contributed by atoms with E-state index in [9.17, 15) is 0 Å². The molecule has 0 amide bonds. The zero-order valence-electron chi connectivity index (χ0n) is 10.8. The Morgan fingerprint density at radius 1 is 1.35 bits per heavy atom. The minimum atomic E-state index is -0.111. The quantitative estimate of drug-likeness (QED) is 0.898. The van der Waals surface area contributed by atoms with Crippen LogP contribution < -0.4 is 5.73 Å². The van der Waals surface area contributed by atoms with Crippen LogP contribution in [0.5, 0.6) is 0 Å². The third-order valence-electron chi connectivity index (χ3n) is 3.71. The van der Waals surface area contributed by atoms with Crippen LogP contribution in [0.2, 0.25) is 0 Å². The maximum Gasteiger partial charge on any atom is 0.125 e. The van der Waals surface area contributed by atoms with Crippen LogP contribution in [0.4, 0.5) is 0 Å². The SMILES string of the molecule is COC1(c2nc(C)c(CCN)s2)CCCCC1. The number of methoxy groups -OCH3 is 1. The molecule has 1 aromatic heterocycles. The summed E-state index contributed by atoms with van der Waals surface area (Å²) in [6.07, 6.45) is 6.98. The number of thiazole rings is 1. The van der Waals surface area contributed by atoms with Crippen molar-refractivity contribution in [1.29, 1.82) is 0 Å². The molecule has 4 heteroatoms. The van der Waals surface area contributed by atoms with E-state index in [0.29, 0.717) is 6.54 Å². The summed E-state index contributed by atoms with van der Waals surface area (Å²) in [5.41, 5.74) is 6.66. The van der Waals surface area contributed by atoms with Crippen molar-refractivity contribution >= 4 is 11.3 Å². The smallest absolute Gasteiger partial charge is 0.125 e. The average molecular weight is 254 g/mol. The molecule has 0 unspecified atom stereocenters. The lowest BCUT2D eigenvalue weighted by atomic mass is 9.85. The molecule has 1 aromatic rings. The van der Waals surface area contributed by atoms with Crippen LogP contribution in [0, 0.1) is 6.92 Å². The van der Waals surface area contributed by atoms with Gasteiger partial charge >= 0.3 is 0 Å². The number of rotatable bonds is 4. The molecule has 1 saturated carbocycles. The normalized spacial score (nSPS) is 19.5. The molecule has 0 bridgehead atoms. The number of ether oxygens (including phenoxy) is 1. The first kappa shape index (κ1) is 13.0. The molecule has 0 aromatic carbocycles. The van der Waals surface area contributed by atoms with Gasteiger partial charge in [0.15, 0.2) is 0 Å². The van der Waals surface area contributed by atoms with Crippen LogP contribution in [-0.4, -0.2) is 18.6 Å². The number of nitrogens with two attached hydrogens (primary N) is 1. The van der Waals surface area contributed by atoms with Gasteiger partial charge in [0.2, 0.25) is 0 Å². The first-order chi connectivity index (χ1) is 8.22. The fourth-order valence-electron chi connectivity index (χ4n) is 2.61. The number of aromatic nitrogens is 1. The second kappa shape index (κ2) is 5.46. The average Bonchev–Trinajstić information content (AvgIpc) is 2.73. The summed E-state index contributed by atoms with van der Waals surface area (Å²) in [5, 5.41) is 1.17. The van der Waals surface area contributed by atoms with E-state index in [0.717, 1.165) is 25.0 Å². The zero-order valence-corrected chi connectivity index (χ0v) is 11.6. The number of aryl methyl sites for hydroxylation is 1. The second-order valence-corrected chi connectivity index (χ2v) is 5.91. The fourth-order valence-corrected chi connectivity index (χ4v) is 3.92. The Morgan fingerprint density at radius 2 is 2.06 bits per heavy atom. The highest BCUT2D eigenvalue weighted by atomic mass is 32.1. The predicted octanol–water partition coefficient (Wildman–Crippen LogP) is 2.76. The molecule has 2 rings (SSSR count). The van der Waals surface area contributed by atoms with Gasteiger partial charge in [0, 0.05) is 12.0 Å². The minimum absolute atomic E-state index is 0.111. The van der Waals surface area contributed by atoms with E-state index in [1.54, 1.807) is 11.3 Å². The first-order valence-electron chi connectivity index (χ1n) is 6.44. The van der Waals surface area contributed by atoms with Crippen molar-refractivity contribution in [3.63, 3.8) is 0 Å². The van der Waals surface area contributed by atoms with Gasteiger partial charge in [0.05, 0.1) is 5.69 Å². The van der Waals surface area contributed by atoms with Crippen molar-refractivity contribution in [2.75, 3.05) is 13.7 Å². The molecule has 0 radical (unpaired) electrons. The van der Waals surface area contributed by atoms with E-state index in [1.807, 2.05) is 7.11 Å². The summed E-state index contributed by atoms with van der Waals surface area (Å²) >= 11 is 1.80. The topological polar surface area (TPSA) is 48.1 Å². The fraction of sp³-hybridized carbons (Fsp3) is 0.769. The van der Waals surface area contributed by atoms with E-state index in [-0.39, 0.29) is 5.60 Å². The molecule has 17 heavy (non-hydrogen) atoms. The molecule has 1 fully saturated rings. The minimum Gasteiger partial charge on any atom is -0.371 e. The highest BCUT2D eigenvalue weighted by molar-refractivity contribution is 7.11. The Hall–Kier alpha value is -0.450. The van der Waals surface area contributed by atoms with Gasteiger partial charge in [-0.2, -0.15) is 0 Å². The highest BCUT2D eigenvalue weighted by Gasteiger charge is 2.37. The largest absolute Gasteiger partial charge is 0.371 e. The summed E-state index contributed by atoms with van der Waals surface area (Å²) in [6.45, 7) is 2.78. The van der Waals surface area contributed by atoms with Crippen LogP contribution in [0.15, 0.2) is 0 Å². The van der Waals surface area contributed by atoms with Crippen LogP contribution in [0.1, 0.15) is 47.7 Å². The summed E-state index contributed by atoms with van der Waals surface area (Å²) in [4.78, 5) is 6.06. The Morgan fingerprint density at radius 3 is 2.65 bits per heavy atom. The molecule has 2 N–H and O–H groups in total. The van der Waals surface area contributed by atoms with Crippen molar-refractivity contribution in [3.05, 3.63) is 15.6 Å². The summed E-state index contributed by atoms with van der Waals surface area (Å²) < 4.78 is 5.83. The molecule has 0 saturated heterocycles. The van der Waals surface area contributed by atoms with E-state index in [4.69, 9.17) is 15.5 Å². The van der Waals surface area contributed by atoms with Crippen molar-refractivity contribution in [3.8, 4) is 0 Å². The predicted molar refractivity (Wildman–Crippen MR) is 71.4 cm³/mol. The molecule has 0 spiro atoms. The molecule has 1 heterocycles. The zero-order chi connectivity index (χ0) is 12.3. The molecule has 1 aliphatic rings. The van der Waals surface area contributed by atoms with Gasteiger partial charge < -0.3 is 10.5 Å². The van der Waals surface area contributed by atoms with Crippen LogP contribution in [-0.2, 0) is 16.8 Å². The van der Waals surface area contributed by atoms with Crippen LogP contribution in [0.25, 0.3) is 0 Å². The van der Waals surface area contributed by atoms with Gasteiger partial charge in [-0.15, -0.1) is 11.3 Å². The first-order valence-corrected chi connectivity index (χ1v) is 7.25. The standard InChI is InChI=1S/C13H22N2OS/c1-10-11(6-9-14)17-12(15-10)13(16-2)7-4-3-5-8-13/h3-9,14H2,1-2H3. The van der Waals surface area contributed by atoms with Crippen molar-refractivity contribution < 1.29 is 4.74 Å². The van der Waals surface area contributed by atoms with E-state index in [2.05, 4.69) is 6.92 Å². The third-order valence-corrected chi connectivity index (χ3v) is 5.11. The second-order valence-electron chi connectivity index (χ2n) is 4.83. The molecule has 1 aliphatic carbocycles. The molecule has 96 valence electrons. The van der Waals surface area contributed by atoms with Gasteiger partial charge in [0.1, 0.15) is 10.6 Å². The van der Waals surface area contributed by atoms with Gasteiger partial charge in [-0.25, -0.2) is 4.98 Å². The van der Waals surface area contributed by atoms with Crippen LogP contribution >= 0.6 is 11.3 Å². The third kappa shape index (κ3) is 2.54. The lowest BCUT2D eigenvalue weighted by Crippen LogP contribution is -2.30. The maximum absolute atomic E-state index is 5.83. The molecule has 0 atom stereocenters. The molecule has 0 aliphatic heterocycles. The lowest BCUT2D eigenvalue weighted by Gasteiger charge is -2.34. The Labute approximate surface area is 107 Å². The van der Waals surface area contributed by atoms with E-state index < -0.39 is 0 Å². The summed E-state index contributed by atoms with van der Waals surface area (Å²) in [6, 6.07) is 0. The van der Waals surface area contributed by atoms with Crippen molar-refractivity contribution in [2.24, 2.45) is 5.73 Å². The van der Waals surface area contributed by atoms with Crippen LogP contribution in [0.3, 0.4) is 0 Å². The highest BCUT2D eigenvalue weighted by Crippen LogP contribution is 2.42. The van der Waals surface area contributed by atoms with Gasteiger partial charge in [-0.1, -0.05) is 19.3 Å². The summed E-state index contributed by atoms with van der Waals surface area (Å²) in [7, 11) is 1.82. The Kier molecular flexibility index (Phi) is 4.17. The molecule has 3 nitrogen and oxygen atoms in total. The van der Waals surface area contributed by atoms with Gasteiger partial charge in [-0.3, -0.25) is 0 Å². The maximum atomic E-state index is 5.83. The molecular weight excluding hydrogens is 232 g/mol. The number of nitrogens with zero attached hydrogens (tertiary/aromatic N) is 1. The molecular formula is C13H22N2OS. The van der Waals surface area contributed by atoms with Gasteiger partial charge in [0.25, 0.3) is 0 Å². The van der Waals surface area contributed by atoms with Crippen molar-refractivity contribution in [2.45, 2.75) is 51.0 Å².